The SMILES string of the molecule is CC(=O)Nc1ccc(C(=O)Nc2cc(-n3cccn3)ncn2)cc1. The molecule has 0 aliphatic rings. The van der Waals surface area contributed by atoms with Crippen molar-refractivity contribution in [2.45, 2.75) is 6.92 Å². The fraction of sp³-hybridized carbons (Fsp3) is 0.0625. The monoisotopic (exact) mass is 322 g/mol. The molecule has 2 amide bonds. The molecule has 3 rings (SSSR count). The van der Waals surface area contributed by atoms with Gasteiger partial charge in [-0.05, 0) is 30.3 Å². The number of amides is 2. The molecule has 3 aromatic rings. The number of benzene rings is 1. The second-order valence-electron chi connectivity index (χ2n) is 4.92. The number of hydrogen-bond acceptors (Lipinski definition) is 5. The molecule has 0 aliphatic heterocycles. The molecule has 1 aromatic carbocycles. The number of anilines is 2. The van der Waals surface area contributed by atoms with Crippen molar-refractivity contribution in [3.8, 4) is 5.82 Å². The minimum absolute atomic E-state index is 0.167. The number of nitrogens with zero attached hydrogens (tertiary/aromatic N) is 4. The fourth-order valence-corrected chi connectivity index (χ4v) is 2.04. The molecular weight excluding hydrogens is 308 g/mol. The number of rotatable bonds is 4. The van der Waals surface area contributed by atoms with Crippen molar-refractivity contribution in [1.29, 1.82) is 0 Å². The van der Waals surface area contributed by atoms with Crippen molar-refractivity contribution >= 4 is 23.3 Å². The molecule has 2 N–H and O–H groups in total. The largest absolute Gasteiger partial charge is 0.326 e. The van der Waals surface area contributed by atoms with Gasteiger partial charge < -0.3 is 10.6 Å². The summed E-state index contributed by atoms with van der Waals surface area (Å²) in [6, 6.07) is 9.96. The van der Waals surface area contributed by atoms with Crippen LogP contribution >= 0.6 is 0 Å². The van der Waals surface area contributed by atoms with E-state index in [9.17, 15) is 9.59 Å². The highest BCUT2D eigenvalue weighted by molar-refractivity contribution is 6.04. The molecule has 120 valence electrons. The molecule has 2 aromatic heterocycles. The Labute approximate surface area is 137 Å². The first-order valence-corrected chi connectivity index (χ1v) is 7.13. The molecule has 0 aliphatic carbocycles. The zero-order valence-electron chi connectivity index (χ0n) is 12.8. The lowest BCUT2D eigenvalue weighted by molar-refractivity contribution is -0.114. The number of nitrogens with one attached hydrogen (secondary N) is 2. The maximum atomic E-state index is 12.3. The molecule has 0 radical (unpaired) electrons. The zero-order valence-corrected chi connectivity index (χ0v) is 12.8. The highest BCUT2D eigenvalue weighted by Gasteiger charge is 2.08. The van der Waals surface area contributed by atoms with Crippen LogP contribution in [0.5, 0.6) is 0 Å². The summed E-state index contributed by atoms with van der Waals surface area (Å²) in [4.78, 5) is 31.4. The third-order valence-electron chi connectivity index (χ3n) is 3.10. The van der Waals surface area contributed by atoms with E-state index in [4.69, 9.17) is 0 Å². The Morgan fingerprint density at radius 1 is 1.08 bits per heavy atom. The standard InChI is InChI=1S/C16H14N6O2/c1-11(23)20-13-5-3-12(4-6-13)16(24)21-14-9-15(18-10-17-14)22-8-2-7-19-22/h2-10H,1H3,(H,20,23)(H,17,18,21,24). The average molecular weight is 322 g/mol. The van der Waals surface area contributed by atoms with Crippen molar-refractivity contribution in [3.63, 3.8) is 0 Å². The van der Waals surface area contributed by atoms with Gasteiger partial charge in [0, 0.05) is 36.6 Å². The van der Waals surface area contributed by atoms with Gasteiger partial charge in [-0.2, -0.15) is 5.10 Å². The van der Waals surface area contributed by atoms with E-state index in [0.29, 0.717) is 22.9 Å². The molecule has 0 saturated heterocycles. The van der Waals surface area contributed by atoms with Crippen LogP contribution in [-0.2, 0) is 4.79 Å². The van der Waals surface area contributed by atoms with Gasteiger partial charge in [0.05, 0.1) is 0 Å². The van der Waals surface area contributed by atoms with Crippen molar-refractivity contribution in [1.82, 2.24) is 19.7 Å². The van der Waals surface area contributed by atoms with Gasteiger partial charge in [0.15, 0.2) is 5.82 Å². The third-order valence-corrected chi connectivity index (χ3v) is 3.10. The predicted octanol–water partition coefficient (Wildman–Crippen LogP) is 1.87. The Balaban J connectivity index is 1.73. The van der Waals surface area contributed by atoms with E-state index in [1.165, 1.54) is 13.3 Å². The van der Waals surface area contributed by atoms with Gasteiger partial charge in [0.1, 0.15) is 12.1 Å². The van der Waals surface area contributed by atoms with Gasteiger partial charge in [-0.3, -0.25) is 9.59 Å². The molecule has 8 nitrogen and oxygen atoms in total. The van der Waals surface area contributed by atoms with E-state index in [0.717, 1.165) is 0 Å². The Hall–Kier alpha value is -3.55. The maximum absolute atomic E-state index is 12.3. The van der Waals surface area contributed by atoms with Gasteiger partial charge in [0.2, 0.25) is 5.91 Å². The van der Waals surface area contributed by atoms with Crippen molar-refractivity contribution in [3.05, 3.63) is 60.7 Å². The van der Waals surface area contributed by atoms with Gasteiger partial charge in [-0.15, -0.1) is 0 Å². The number of hydrogen-bond donors (Lipinski definition) is 2. The number of carbonyl (C=O) groups excluding carboxylic acids is 2. The van der Waals surface area contributed by atoms with Crippen LogP contribution in [0.15, 0.2) is 55.1 Å². The highest BCUT2D eigenvalue weighted by atomic mass is 16.2. The zero-order chi connectivity index (χ0) is 16.9. The summed E-state index contributed by atoms with van der Waals surface area (Å²) in [5.74, 6) is 0.437. The van der Waals surface area contributed by atoms with Crippen LogP contribution in [-0.4, -0.2) is 31.6 Å². The molecule has 0 spiro atoms. The van der Waals surface area contributed by atoms with Gasteiger partial charge >= 0.3 is 0 Å². The lowest BCUT2D eigenvalue weighted by atomic mass is 10.2. The predicted molar refractivity (Wildman–Crippen MR) is 87.9 cm³/mol. The molecular formula is C16H14N6O2. The van der Waals surface area contributed by atoms with E-state index < -0.39 is 0 Å². The highest BCUT2D eigenvalue weighted by Crippen LogP contribution is 2.12. The first-order valence-electron chi connectivity index (χ1n) is 7.13. The third kappa shape index (κ3) is 3.61. The Morgan fingerprint density at radius 2 is 1.88 bits per heavy atom. The Bertz CT molecular complexity index is 859. The van der Waals surface area contributed by atoms with Crippen LogP contribution in [0.4, 0.5) is 11.5 Å². The minimum atomic E-state index is -0.311. The van der Waals surface area contributed by atoms with Crippen LogP contribution in [0.2, 0.25) is 0 Å². The molecule has 0 bridgehead atoms. The number of carbonyl (C=O) groups is 2. The molecule has 8 heteroatoms. The van der Waals surface area contributed by atoms with Crippen LogP contribution in [0.1, 0.15) is 17.3 Å². The summed E-state index contributed by atoms with van der Waals surface area (Å²) in [5.41, 5.74) is 1.07. The second-order valence-corrected chi connectivity index (χ2v) is 4.92. The lowest BCUT2D eigenvalue weighted by Crippen LogP contribution is -2.14. The summed E-state index contributed by atoms with van der Waals surface area (Å²) in [6.07, 6.45) is 4.73. The minimum Gasteiger partial charge on any atom is -0.326 e. The van der Waals surface area contributed by atoms with E-state index in [-0.39, 0.29) is 11.8 Å². The van der Waals surface area contributed by atoms with Gasteiger partial charge in [-0.25, -0.2) is 14.6 Å². The quantitative estimate of drug-likeness (QED) is 0.763. The summed E-state index contributed by atoms with van der Waals surface area (Å²) in [6.45, 7) is 1.42. The number of aromatic nitrogens is 4. The second kappa shape index (κ2) is 6.69. The van der Waals surface area contributed by atoms with Gasteiger partial charge in [0.25, 0.3) is 5.91 Å². The molecule has 24 heavy (non-hydrogen) atoms. The van der Waals surface area contributed by atoms with E-state index in [1.807, 2.05) is 0 Å². The summed E-state index contributed by atoms with van der Waals surface area (Å²) in [5, 5.41) is 9.42. The van der Waals surface area contributed by atoms with E-state index in [1.54, 1.807) is 53.5 Å². The summed E-state index contributed by atoms with van der Waals surface area (Å²) < 4.78 is 1.57. The summed E-state index contributed by atoms with van der Waals surface area (Å²) in [7, 11) is 0. The topological polar surface area (TPSA) is 102 Å². The first-order chi connectivity index (χ1) is 11.6. The smallest absolute Gasteiger partial charge is 0.256 e. The normalized spacial score (nSPS) is 10.2. The fourth-order valence-electron chi connectivity index (χ4n) is 2.04. The molecule has 0 atom stereocenters. The van der Waals surface area contributed by atoms with Crippen molar-refractivity contribution in [2.24, 2.45) is 0 Å². The average Bonchev–Trinajstić information content (AvgIpc) is 3.10. The maximum Gasteiger partial charge on any atom is 0.256 e. The van der Waals surface area contributed by atoms with Crippen LogP contribution in [0, 0.1) is 0 Å². The van der Waals surface area contributed by atoms with Crippen LogP contribution in [0.25, 0.3) is 5.82 Å². The van der Waals surface area contributed by atoms with Crippen molar-refractivity contribution in [2.75, 3.05) is 10.6 Å². The summed E-state index contributed by atoms with van der Waals surface area (Å²) >= 11 is 0. The Morgan fingerprint density at radius 3 is 2.54 bits per heavy atom. The van der Waals surface area contributed by atoms with Crippen LogP contribution in [0.3, 0.4) is 0 Å². The van der Waals surface area contributed by atoms with Gasteiger partial charge in [-0.1, -0.05) is 0 Å². The molecule has 0 saturated carbocycles. The van der Waals surface area contributed by atoms with Crippen LogP contribution < -0.4 is 10.6 Å². The lowest BCUT2D eigenvalue weighted by Gasteiger charge is -2.07. The molecule has 0 unspecified atom stereocenters. The van der Waals surface area contributed by atoms with E-state index >= 15 is 0 Å². The molecule has 2 heterocycles. The Kier molecular flexibility index (Phi) is 4.28. The van der Waals surface area contributed by atoms with Crippen molar-refractivity contribution < 1.29 is 9.59 Å². The molecule has 0 fully saturated rings. The first kappa shape index (κ1) is 15.3. The van der Waals surface area contributed by atoms with E-state index in [2.05, 4.69) is 25.7 Å².